The van der Waals surface area contributed by atoms with Gasteiger partial charge in [0.25, 0.3) is 11.8 Å². The lowest BCUT2D eigenvalue weighted by Crippen LogP contribution is -2.51. The van der Waals surface area contributed by atoms with Crippen LogP contribution in [0, 0.1) is 11.8 Å². The average molecular weight is 640 g/mol. The molecule has 0 saturated heterocycles. The van der Waals surface area contributed by atoms with Gasteiger partial charge in [-0.2, -0.15) is 8.78 Å². The standard InChI is InChI=1S/C27H28Cl4F2N2O5/c1-4-34-26(39)27(32,33)25(38)19(14(2)3)12-23(36)22(8-15-5-6-20(30)21(31)7-15)35-24(37)13-40-18-10-16(28)9-17(29)11-18/h5-7,9-11,14,19,22H,4,8,12-13H2,1-3H3,(H,34,39)(H,35,37)/t19-,22-/m0/s1. The van der Waals surface area contributed by atoms with Crippen molar-refractivity contribution in [2.24, 2.45) is 11.8 Å². The lowest BCUT2D eigenvalue weighted by Gasteiger charge is -2.26. The maximum Gasteiger partial charge on any atom is 0.381 e. The number of amides is 2. The Kier molecular flexibility index (Phi) is 12.6. The van der Waals surface area contributed by atoms with Gasteiger partial charge in [0.1, 0.15) is 5.75 Å². The third-order valence-corrected chi connectivity index (χ3v) is 7.02. The second-order valence-corrected chi connectivity index (χ2v) is 11.0. The summed E-state index contributed by atoms with van der Waals surface area (Å²) in [7, 11) is 0. The smallest absolute Gasteiger partial charge is 0.381 e. The highest BCUT2D eigenvalue weighted by atomic mass is 35.5. The van der Waals surface area contributed by atoms with Crippen molar-refractivity contribution in [2.75, 3.05) is 13.2 Å². The van der Waals surface area contributed by atoms with Gasteiger partial charge in [-0.15, -0.1) is 0 Å². The summed E-state index contributed by atoms with van der Waals surface area (Å²) in [6.45, 7) is 3.78. The monoisotopic (exact) mass is 638 g/mol. The molecule has 0 aliphatic heterocycles. The Hall–Kier alpha value is -2.46. The Morgan fingerprint density at radius 3 is 2.12 bits per heavy atom. The molecular formula is C27H28Cl4F2N2O5. The highest BCUT2D eigenvalue weighted by molar-refractivity contribution is 6.42. The van der Waals surface area contributed by atoms with Crippen LogP contribution < -0.4 is 15.4 Å². The Bertz CT molecular complexity index is 1240. The minimum absolute atomic E-state index is 0.0871. The van der Waals surface area contributed by atoms with Crippen LogP contribution in [-0.2, 0) is 25.6 Å². The van der Waals surface area contributed by atoms with Crippen molar-refractivity contribution in [3.05, 3.63) is 62.1 Å². The molecule has 2 aromatic rings. The first kappa shape index (κ1) is 33.7. The molecule has 0 unspecified atom stereocenters. The molecule has 2 aromatic carbocycles. The lowest BCUT2D eigenvalue weighted by molar-refractivity contribution is -0.162. The van der Waals surface area contributed by atoms with Crippen LogP contribution in [0.3, 0.4) is 0 Å². The van der Waals surface area contributed by atoms with Crippen LogP contribution in [0.2, 0.25) is 20.1 Å². The first-order valence-corrected chi connectivity index (χ1v) is 13.7. The summed E-state index contributed by atoms with van der Waals surface area (Å²) in [6.07, 6.45) is -0.737. The van der Waals surface area contributed by atoms with Crippen LogP contribution in [0.15, 0.2) is 36.4 Å². The van der Waals surface area contributed by atoms with Crippen molar-refractivity contribution in [3.8, 4) is 5.75 Å². The molecule has 0 aliphatic rings. The van der Waals surface area contributed by atoms with E-state index < -0.39 is 60.2 Å². The van der Waals surface area contributed by atoms with Crippen LogP contribution in [-0.4, -0.2) is 48.5 Å². The van der Waals surface area contributed by atoms with Gasteiger partial charge in [-0.3, -0.25) is 19.2 Å². The Morgan fingerprint density at radius 1 is 0.950 bits per heavy atom. The molecule has 0 fully saturated rings. The number of hydrogen-bond donors (Lipinski definition) is 2. The van der Waals surface area contributed by atoms with Gasteiger partial charge in [-0.25, -0.2) is 0 Å². The fraction of sp³-hybridized carbons (Fsp3) is 0.407. The van der Waals surface area contributed by atoms with E-state index in [1.807, 2.05) is 5.32 Å². The van der Waals surface area contributed by atoms with E-state index in [0.717, 1.165) is 0 Å². The second kappa shape index (κ2) is 15.0. The molecule has 40 heavy (non-hydrogen) atoms. The summed E-state index contributed by atoms with van der Waals surface area (Å²) in [6, 6.07) is 7.68. The lowest BCUT2D eigenvalue weighted by atomic mass is 9.82. The van der Waals surface area contributed by atoms with E-state index in [0.29, 0.717) is 5.56 Å². The molecule has 0 aromatic heterocycles. The maximum atomic E-state index is 14.6. The highest BCUT2D eigenvalue weighted by Crippen LogP contribution is 2.29. The molecular weight excluding hydrogens is 612 g/mol. The number of Topliss-reactive ketones (excluding diaryl/α,β-unsaturated/α-hetero) is 2. The van der Waals surface area contributed by atoms with E-state index in [1.165, 1.54) is 51.1 Å². The number of ketones is 2. The molecule has 2 amide bonds. The van der Waals surface area contributed by atoms with Gasteiger partial charge in [0.15, 0.2) is 12.4 Å². The molecule has 0 aliphatic carbocycles. The summed E-state index contributed by atoms with van der Waals surface area (Å²) in [4.78, 5) is 50.7. The number of halogens is 6. The third kappa shape index (κ3) is 9.58. The number of ether oxygens (including phenoxy) is 1. The van der Waals surface area contributed by atoms with Crippen molar-refractivity contribution in [1.82, 2.24) is 10.6 Å². The third-order valence-electron chi connectivity index (χ3n) is 5.85. The normalized spacial score (nSPS) is 12.9. The predicted molar refractivity (Wildman–Crippen MR) is 151 cm³/mol. The first-order valence-electron chi connectivity index (χ1n) is 12.2. The molecule has 0 saturated carbocycles. The van der Waals surface area contributed by atoms with Gasteiger partial charge < -0.3 is 15.4 Å². The largest absolute Gasteiger partial charge is 0.484 e. The fourth-order valence-corrected chi connectivity index (χ4v) is 4.58. The summed E-state index contributed by atoms with van der Waals surface area (Å²) in [5.41, 5.74) is 0.510. The molecule has 2 atom stereocenters. The van der Waals surface area contributed by atoms with E-state index in [1.54, 1.807) is 6.07 Å². The Labute approximate surface area is 250 Å². The molecule has 0 heterocycles. The van der Waals surface area contributed by atoms with E-state index in [4.69, 9.17) is 51.1 Å². The van der Waals surface area contributed by atoms with Crippen molar-refractivity contribution in [2.45, 2.75) is 45.6 Å². The Morgan fingerprint density at radius 2 is 1.57 bits per heavy atom. The van der Waals surface area contributed by atoms with E-state index in [2.05, 4.69) is 5.32 Å². The number of benzene rings is 2. The number of alkyl halides is 2. The summed E-state index contributed by atoms with van der Waals surface area (Å²) < 4.78 is 34.6. The minimum Gasteiger partial charge on any atom is -0.484 e. The first-order chi connectivity index (χ1) is 18.6. The van der Waals surface area contributed by atoms with Crippen LogP contribution in [0.5, 0.6) is 5.75 Å². The number of carbonyl (C=O) groups is 4. The van der Waals surface area contributed by atoms with Crippen LogP contribution >= 0.6 is 46.4 Å². The molecule has 7 nitrogen and oxygen atoms in total. The molecule has 218 valence electrons. The molecule has 0 radical (unpaired) electrons. The van der Waals surface area contributed by atoms with E-state index in [9.17, 15) is 28.0 Å². The summed E-state index contributed by atoms with van der Waals surface area (Å²) in [5, 5.41) is 5.50. The summed E-state index contributed by atoms with van der Waals surface area (Å²) >= 11 is 23.9. The number of hydrogen-bond acceptors (Lipinski definition) is 5. The summed E-state index contributed by atoms with van der Waals surface area (Å²) in [5.74, 6) is -11.2. The number of nitrogens with one attached hydrogen (secondary N) is 2. The predicted octanol–water partition coefficient (Wildman–Crippen LogP) is 5.98. The second-order valence-electron chi connectivity index (χ2n) is 9.29. The quantitative estimate of drug-likeness (QED) is 0.248. The van der Waals surface area contributed by atoms with Gasteiger partial charge >= 0.3 is 5.92 Å². The Balaban J connectivity index is 2.27. The van der Waals surface area contributed by atoms with Gasteiger partial charge in [0.2, 0.25) is 5.78 Å². The van der Waals surface area contributed by atoms with Gasteiger partial charge in [0.05, 0.1) is 16.1 Å². The average Bonchev–Trinajstić information content (AvgIpc) is 2.86. The molecule has 2 rings (SSSR count). The zero-order chi connectivity index (χ0) is 30.2. The van der Waals surface area contributed by atoms with Crippen molar-refractivity contribution in [3.63, 3.8) is 0 Å². The van der Waals surface area contributed by atoms with Crippen LogP contribution in [0.4, 0.5) is 8.78 Å². The van der Waals surface area contributed by atoms with Crippen molar-refractivity contribution < 1.29 is 32.7 Å². The molecule has 0 spiro atoms. The maximum absolute atomic E-state index is 14.6. The topological polar surface area (TPSA) is 102 Å². The van der Waals surface area contributed by atoms with Crippen molar-refractivity contribution in [1.29, 1.82) is 0 Å². The van der Waals surface area contributed by atoms with Gasteiger partial charge in [-0.1, -0.05) is 66.3 Å². The van der Waals surface area contributed by atoms with Gasteiger partial charge in [0, 0.05) is 28.9 Å². The molecule has 2 N–H and O–H groups in total. The zero-order valence-electron chi connectivity index (χ0n) is 21.8. The SMILES string of the molecule is CCNC(=O)C(F)(F)C(=O)[C@@H](CC(=O)[C@H](Cc1ccc(Cl)c(Cl)c1)NC(=O)COc1cc(Cl)cc(Cl)c1)C(C)C. The molecule has 0 bridgehead atoms. The number of carbonyl (C=O) groups excluding carboxylic acids is 4. The zero-order valence-corrected chi connectivity index (χ0v) is 24.9. The highest BCUT2D eigenvalue weighted by Gasteiger charge is 2.50. The van der Waals surface area contributed by atoms with E-state index in [-0.39, 0.29) is 38.8 Å². The number of rotatable bonds is 14. The van der Waals surface area contributed by atoms with E-state index >= 15 is 0 Å². The van der Waals surface area contributed by atoms with Gasteiger partial charge in [-0.05, 0) is 55.2 Å². The van der Waals surface area contributed by atoms with Crippen LogP contribution in [0.25, 0.3) is 0 Å². The molecule has 13 heteroatoms. The van der Waals surface area contributed by atoms with Crippen LogP contribution in [0.1, 0.15) is 32.8 Å². The van der Waals surface area contributed by atoms with Crippen molar-refractivity contribution >= 4 is 69.8 Å². The minimum atomic E-state index is -4.33. The fourth-order valence-electron chi connectivity index (χ4n) is 3.75.